The first kappa shape index (κ1) is 27.4. The Morgan fingerprint density at radius 1 is 0.950 bits per heavy atom. The zero-order valence-corrected chi connectivity index (χ0v) is 22.8. The number of hydrogen-bond acceptors (Lipinski definition) is 7. The summed E-state index contributed by atoms with van der Waals surface area (Å²) in [5.74, 6) is -0.224. The number of morpholine rings is 1. The van der Waals surface area contributed by atoms with Gasteiger partial charge in [0, 0.05) is 31.7 Å². The Labute approximate surface area is 234 Å². The number of rotatable bonds is 9. The number of benzene rings is 3. The minimum absolute atomic E-state index is 0.0746. The summed E-state index contributed by atoms with van der Waals surface area (Å²) in [6.45, 7) is 6.24. The molecule has 0 spiro atoms. The number of ketones is 1. The van der Waals surface area contributed by atoms with Crippen molar-refractivity contribution >= 4 is 17.4 Å². The molecule has 0 radical (unpaired) electrons. The molecule has 1 atom stereocenters. The molecule has 0 saturated carbocycles. The number of carbonyl (C=O) groups is 2. The van der Waals surface area contributed by atoms with E-state index in [0.717, 1.165) is 29.8 Å². The highest BCUT2D eigenvalue weighted by molar-refractivity contribution is 6.46. The number of aliphatic hydroxyl groups excluding tert-OH is 1. The number of hydrogen-bond donors (Lipinski definition) is 1. The van der Waals surface area contributed by atoms with Gasteiger partial charge in [-0.3, -0.25) is 14.5 Å². The third-order valence-electron chi connectivity index (χ3n) is 7.35. The predicted molar refractivity (Wildman–Crippen MR) is 151 cm³/mol. The van der Waals surface area contributed by atoms with Gasteiger partial charge >= 0.3 is 0 Å². The maximum Gasteiger partial charge on any atom is 0.295 e. The summed E-state index contributed by atoms with van der Waals surface area (Å²) >= 11 is 0. The zero-order valence-electron chi connectivity index (χ0n) is 22.8. The Morgan fingerprint density at radius 2 is 1.65 bits per heavy atom. The fourth-order valence-electron chi connectivity index (χ4n) is 5.15. The number of likely N-dealkylation sites (tertiary alicyclic amines) is 1. The highest BCUT2D eigenvalue weighted by Crippen LogP contribution is 2.40. The van der Waals surface area contributed by atoms with E-state index < -0.39 is 17.7 Å². The van der Waals surface area contributed by atoms with Crippen molar-refractivity contribution in [1.82, 2.24) is 9.80 Å². The lowest BCUT2D eigenvalue weighted by Gasteiger charge is -2.31. The van der Waals surface area contributed by atoms with Crippen molar-refractivity contribution in [2.45, 2.75) is 19.6 Å². The van der Waals surface area contributed by atoms with Crippen LogP contribution in [0.3, 0.4) is 0 Å². The number of amides is 1. The summed E-state index contributed by atoms with van der Waals surface area (Å²) in [5, 5.41) is 11.4. The minimum Gasteiger partial charge on any atom is -0.507 e. The van der Waals surface area contributed by atoms with Gasteiger partial charge in [0.25, 0.3) is 11.7 Å². The van der Waals surface area contributed by atoms with Crippen LogP contribution in [0.1, 0.15) is 28.3 Å². The normalized spacial score (nSPS) is 19.1. The molecule has 8 heteroatoms. The molecule has 5 rings (SSSR count). The second-order valence-electron chi connectivity index (χ2n) is 10.0. The average molecular weight is 543 g/mol. The summed E-state index contributed by atoms with van der Waals surface area (Å²) in [7, 11) is 1.58. The van der Waals surface area contributed by atoms with Crippen molar-refractivity contribution in [3.8, 4) is 11.5 Å². The van der Waals surface area contributed by atoms with Crippen LogP contribution in [0.2, 0.25) is 0 Å². The van der Waals surface area contributed by atoms with Crippen LogP contribution in [-0.2, 0) is 20.9 Å². The number of Topliss-reactive ketones (excluding diaryl/α,β-unsaturated/α-hetero) is 1. The number of nitrogens with zero attached hydrogens (tertiary/aromatic N) is 2. The third kappa shape index (κ3) is 6.03. The molecule has 8 nitrogen and oxygen atoms in total. The van der Waals surface area contributed by atoms with Crippen molar-refractivity contribution in [3.05, 3.63) is 101 Å². The van der Waals surface area contributed by atoms with Crippen LogP contribution in [0.4, 0.5) is 0 Å². The Kier molecular flexibility index (Phi) is 8.48. The van der Waals surface area contributed by atoms with Crippen molar-refractivity contribution in [2.24, 2.45) is 0 Å². The van der Waals surface area contributed by atoms with Crippen molar-refractivity contribution < 1.29 is 28.9 Å². The Bertz CT molecular complexity index is 1380. The number of aliphatic hydroxyl groups is 1. The van der Waals surface area contributed by atoms with Gasteiger partial charge in [-0.1, -0.05) is 42.0 Å². The maximum absolute atomic E-state index is 13.4. The van der Waals surface area contributed by atoms with Gasteiger partial charge in [-0.15, -0.1) is 0 Å². The highest BCUT2D eigenvalue weighted by atomic mass is 16.5. The number of aryl methyl sites for hydroxylation is 1. The molecule has 2 saturated heterocycles. The first-order valence-electron chi connectivity index (χ1n) is 13.5. The molecule has 1 amide bonds. The van der Waals surface area contributed by atoms with Gasteiger partial charge in [-0.25, -0.2) is 0 Å². The summed E-state index contributed by atoms with van der Waals surface area (Å²) in [4.78, 5) is 30.4. The molecule has 208 valence electrons. The largest absolute Gasteiger partial charge is 0.507 e. The summed E-state index contributed by atoms with van der Waals surface area (Å²) in [6.07, 6.45) is 0. The van der Waals surface area contributed by atoms with E-state index in [9.17, 15) is 14.7 Å². The number of methoxy groups -OCH3 is 1. The van der Waals surface area contributed by atoms with E-state index in [1.54, 1.807) is 48.4 Å². The topological polar surface area (TPSA) is 88.5 Å². The fraction of sp³-hybridized carbons (Fsp3) is 0.312. The molecule has 1 N–H and O–H groups in total. The molecule has 2 aliphatic heterocycles. The van der Waals surface area contributed by atoms with Gasteiger partial charge in [0.2, 0.25) is 0 Å². The van der Waals surface area contributed by atoms with E-state index in [4.69, 9.17) is 14.2 Å². The number of ether oxygens (including phenoxy) is 3. The molecular weight excluding hydrogens is 508 g/mol. The standard InChI is InChI=1S/C32H34N2O6/c1-22-4-3-5-23(20-22)21-40-27-12-8-25(9-13-27)30(35)28-29(24-6-10-26(38-2)11-7-24)34(32(37)31(28)36)15-14-33-16-18-39-19-17-33/h3-13,20,29,35H,14-19,21H2,1-2H3. The Balaban J connectivity index is 1.41. The molecule has 1 unspecified atom stereocenters. The molecule has 3 aromatic carbocycles. The Morgan fingerprint density at radius 3 is 2.33 bits per heavy atom. The second kappa shape index (κ2) is 12.4. The van der Waals surface area contributed by atoms with Crippen LogP contribution >= 0.6 is 0 Å². The summed E-state index contributed by atoms with van der Waals surface area (Å²) < 4.78 is 16.6. The molecule has 40 heavy (non-hydrogen) atoms. The minimum atomic E-state index is -0.718. The first-order chi connectivity index (χ1) is 19.4. The molecule has 2 heterocycles. The monoisotopic (exact) mass is 542 g/mol. The van der Waals surface area contributed by atoms with E-state index in [0.29, 0.717) is 50.0 Å². The van der Waals surface area contributed by atoms with E-state index in [1.807, 2.05) is 37.3 Å². The van der Waals surface area contributed by atoms with Gasteiger partial charge in [0.15, 0.2) is 0 Å². The molecule has 2 aliphatic rings. The van der Waals surface area contributed by atoms with Gasteiger partial charge in [-0.05, 0) is 54.4 Å². The smallest absolute Gasteiger partial charge is 0.295 e. The molecule has 0 aromatic heterocycles. The van der Waals surface area contributed by atoms with Crippen molar-refractivity contribution in [3.63, 3.8) is 0 Å². The van der Waals surface area contributed by atoms with Crippen LogP contribution in [0.15, 0.2) is 78.4 Å². The van der Waals surface area contributed by atoms with Gasteiger partial charge in [-0.2, -0.15) is 0 Å². The lowest BCUT2D eigenvalue weighted by atomic mass is 9.95. The lowest BCUT2D eigenvalue weighted by Crippen LogP contribution is -2.42. The second-order valence-corrected chi connectivity index (χ2v) is 10.0. The van der Waals surface area contributed by atoms with Crippen LogP contribution in [0.5, 0.6) is 11.5 Å². The molecule has 0 aliphatic carbocycles. The van der Waals surface area contributed by atoms with Crippen LogP contribution in [0, 0.1) is 6.92 Å². The molecule has 3 aromatic rings. The van der Waals surface area contributed by atoms with Crippen molar-refractivity contribution in [1.29, 1.82) is 0 Å². The number of carbonyl (C=O) groups excluding carboxylic acids is 2. The van der Waals surface area contributed by atoms with Gasteiger partial charge < -0.3 is 24.2 Å². The third-order valence-corrected chi connectivity index (χ3v) is 7.35. The fourth-order valence-corrected chi connectivity index (χ4v) is 5.15. The summed E-state index contributed by atoms with van der Waals surface area (Å²) in [6, 6.07) is 21.5. The zero-order chi connectivity index (χ0) is 28.1. The van der Waals surface area contributed by atoms with E-state index >= 15 is 0 Å². The lowest BCUT2D eigenvalue weighted by molar-refractivity contribution is -0.140. The average Bonchev–Trinajstić information content (AvgIpc) is 3.24. The maximum atomic E-state index is 13.4. The first-order valence-corrected chi connectivity index (χ1v) is 13.5. The van der Waals surface area contributed by atoms with E-state index in [-0.39, 0.29) is 11.3 Å². The Hall–Kier alpha value is -4.14. The molecular formula is C32H34N2O6. The quantitative estimate of drug-likeness (QED) is 0.245. The SMILES string of the molecule is COc1ccc(C2C(=C(O)c3ccc(OCc4cccc(C)c4)cc3)C(=O)C(=O)N2CCN2CCOCC2)cc1. The highest BCUT2D eigenvalue weighted by Gasteiger charge is 2.46. The van der Waals surface area contributed by atoms with Gasteiger partial charge in [0.05, 0.1) is 31.9 Å². The summed E-state index contributed by atoms with van der Waals surface area (Å²) in [5.41, 5.74) is 3.46. The van der Waals surface area contributed by atoms with Crippen LogP contribution in [0.25, 0.3) is 5.76 Å². The van der Waals surface area contributed by atoms with Gasteiger partial charge in [0.1, 0.15) is 23.9 Å². The predicted octanol–water partition coefficient (Wildman–Crippen LogP) is 4.34. The molecule has 0 bridgehead atoms. The van der Waals surface area contributed by atoms with E-state index in [1.165, 1.54) is 0 Å². The van der Waals surface area contributed by atoms with Crippen LogP contribution in [-0.4, -0.2) is 73.1 Å². The molecule has 2 fully saturated rings. The van der Waals surface area contributed by atoms with Crippen LogP contribution < -0.4 is 9.47 Å². The van der Waals surface area contributed by atoms with E-state index in [2.05, 4.69) is 11.0 Å². The van der Waals surface area contributed by atoms with Crippen molar-refractivity contribution in [2.75, 3.05) is 46.5 Å².